The van der Waals surface area contributed by atoms with Gasteiger partial charge in [-0.15, -0.1) is 0 Å². The second kappa shape index (κ2) is 10.9. The molecule has 1 aliphatic carbocycles. The fourth-order valence-corrected chi connectivity index (χ4v) is 5.18. The average Bonchev–Trinajstić information content (AvgIpc) is 3.46. The molecule has 1 fully saturated rings. The van der Waals surface area contributed by atoms with Crippen molar-refractivity contribution < 1.29 is 29.0 Å². The summed E-state index contributed by atoms with van der Waals surface area (Å²) in [6.45, 7) is 2.39. The van der Waals surface area contributed by atoms with E-state index in [4.69, 9.17) is 14.6 Å². The quantitative estimate of drug-likeness (QED) is 0.566. The van der Waals surface area contributed by atoms with Gasteiger partial charge in [0.15, 0.2) is 0 Å². The normalized spacial score (nSPS) is 18.5. The Balaban J connectivity index is 1.42. The van der Waals surface area contributed by atoms with Gasteiger partial charge < -0.3 is 24.8 Å². The zero-order valence-corrected chi connectivity index (χ0v) is 20.1. The topological polar surface area (TPSA) is 105 Å². The zero-order chi connectivity index (χ0) is 24.9. The van der Waals surface area contributed by atoms with E-state index in [1.54, 1.807) is 11.8 Å². The molecule has 8 heteroatoms. The molecule has 1 aliphatic heterocycles. The van der Waals surface area contributed by atoms with Gasteiger partial charge in [0.05, 0.1) is 6.10 Å². The van der Waals surface area contributed by atoms with Crippen molar-refractivity contribution in [3.63, 3.8) is 0 Å². The highest BCUT2D eigenvalue weighted by molar-refractivity contribution is 5.87. The highest BCUT2D eigenvalue weighted by Crippen LogP contribution is 2.44. The van der Waals surface area contributed by atoms with Crippen LogP contribution in [0.2, 0.25) is 0 Å². The van der Waals surface area contributed by atoms with Crippen LogP contribution >= 0.6 is 0 Å². The molecule has 35 heavy (non-hydrogen) atoms. The Hall–Kier alpha value is -3.39. The minimum absolute atomic E-state index is 0.00124. The van der Waals surface area contributed by atoms with Gasteiger partial charge >= 0.3 is 12.1 Å². The summed E-state index contributed by atoms with van der Waals surface area (Å²) in [5.74, 6) is -1.25. The molecule has 0 bridgehead atoms. The summed E-state index contributed by atoms with van der Waals surface area (Å²) in [5, 5.41) is 11.7. The number of carboxylic acid groups (broad SMARTS) is 1. The Morgan fingerprint density at radius 1 is 1.09 bits per heavy atom. The number of hydrogen-bond donors (Lipinski definition) is 2. The molecule has 0 spiro atoms. The van der Waals surface area contributed by atoms with Crippen molar-refractivity contribution in [3.8, 4) is 11.1 Å². The molecule has 2 aromatic rings. The Bertz CT molecular complexity index is 1040. The third-order valence-electron chi connectivity index (χ3n) is 7.08. The van der Waals surface area contributed by atoms with Gasteiger partial charge in [0.2, 0.25) is 5.91 Å². The first-order valence-corrected chi connectivity index (χ1v) is 12.1. The number of carbonyl (C=O) groups is 3. The summed E-state index contributed by atoms with van der Waals surface area (Å²) in [5.41, 5.74) is 4.50. The van der Waals surface area contributed by atoms with Crippen molar-refractivity contribution in [2.75, 3.05) is 20.3 Å². The lowest BCUT2D eigenvalue weighted by Crippen LogP contribution is -2.55. The lowest BCUT2D eigenvalue weighted by atomic mass is 9.98. The summed E-state index contributed by atoms with van der Waals surface area (Å²) in [6.07, 6.45) is 0.672. The summed E-state index contributed by atoms with van der Waals surface area (Å²) < 4.78 is 11.0. The van der Waals surface area contributed by atoms with Crippen LogP contribution in [0, 0.1) is 0 Å². The minimum Gasteiger partial charge on any atom is -0.481 e. The molecular weight excluding hydrogens is 448 g/mol. The monoisotopic (exact) mass is 480 g/mol. The molecule has 0 aromatic heterocycles. The fourth-order valence-electron chi connectivity index (χ4n) is 5.18. The Morgan fingerprint density at radius 2 is 1.71 bits per heavy atom. The molecule has 1 saturated heterocycles. The molecule has 4 rings (SSSR count). The van der Waals surface area contributed by atoms with Crippen molar-refractivity contribution in [2.45, 2.75) is 56.7 Å². The molecule has 0 radical (unpaired) electrons. The molecule has 3 atom stereocenters. The van der Waals surface area contributed by atoms with Crippen molar-refractivity contribution in [2.24, 2.45) is 0 Å². The number of amides is 2. The Labute approximate surface area is 205 Å². The predicted octanol–water partition coefficient (Wildman–Crippen LogP) is 3.78. The number of rotatable bonds is 9. The minimum atomic E-state index is -0.930. The van der Waals surface area contributed by atoms with Crippen LogP contribution in [0.3, 0.4) is 0 Å². The lowest BCUT2D eigenvalue weighted by molar-refractivity contribution is -0.140. The standard InChI is InChI=1S/C27H32N2O6/c1-17(34-2)25(26(32)29-15-7-8-18(29)13-14-24(30)31)28-27(33)35-16-23-21-11-5-3-9-19(21)20-10-4-6-12-22(20)23/h3-6,9-12,17-18,23,25H,7-8,13-16H2,1-2H3,(H,28,33)(H,30,31)/t17-,18?,25+/m1/s1. The van der Waals surface area contributed by atoms with Crippen LogP contribution in [0.15, 0.2) is 48.5 Å². The Kier molecular flexibility index (Phi) is 7.70. The fraction of sp³-hybridized carbons (Fsp3) is 0.444. The van der Waals surface area contributed by atoms with Crippen LogP contribution in [0.25, 0.3) is 11.1 Å². The molecule has 0 saturated carbocycles. The van der Waals surface area contributed by atoms with Crippen LogP contribution in [0.4, 0.5) is 4.79 Å². The van der Waals surface area contributed by atoms with Gasteiger partial charge in [-0.05, 0) is 48.4 Å². The van der Waals surface area contributed by atoms with Crippen LogP contribution in [0.5, 0.6) is 0 Å². The molecule has 2 aliphatic rings. The number of aliphatic carboxylic acids is 1. The molecule has 2 N–H and O–H groups in total. The highest BCUT2D eigenvalue weighted by Gasteiger charge is 2.37. The summed E-state index contributed by atoms with van der Waals surface area (Å²) in [7, 11) is 1.48. The number of fused-ring (bicyclic) bond motifs is 3. The van der Waals surface area contributed by atoms with E-state index in [-0.39, 0.29) is 30.9 Å². The van der Waals surface area contributed by atoms with E-state index >= 15 is 0 Å². The summed E-state index contributed by atoms with van der Waals surface area (Å²) in [6, 6.07) is 15.1. The smallest absolute Gasteiger partial charge is 0.407 e. The van der Waals surface area contributed by atoms with E-state index in [9.17, 15) is 14.4 Å². The molecule has 1 heterocycles. The molecule has 2 aromatic carbocycles. The third kappa shape index (κ3) is 5.32. The van der Waals surface area contributed by atoms with Crippen molar-refractivity contribution >= 4 is 18.0 Å². The van der Waals surface area contributed by atoms with E-state index in [1.807, 2.05) is 36.4 Å². The number of benzene rings is 2. The van der Waals surface area contributed by atoms with Crippen molar-refractivity contribution in [1.29, 1.82) is 0 Å². The maximum absolute atomic E-state index is 13.4. The number of likely N-dealkylation sites (tertiary alicyclic amines) is 1. The highest BCUT2D eigenvalue weighted by atomic mass is 16.5. The first-order chi connectivity index (χ1) is 16.9. The number of nitrogens with one attached hydrogen (secondary N) is 1. The van der Waals surface area contributed by atoms with Crippen molar-refractivity contribution in [1.82, 2.24) is 10.2 Å². The first-order valence-electron chi connectivity index (χ1n) is 12.1. The molecule has 1 unspecified atom stereocenters. The Morgan fingerprint density at radius 3 is 2.31 bits per heavy atom. The van der Waals surface area contributed by atoms with E-state index in [0.29, 0.717) is 13.0 Å². The number of nitrogens with zero attached hydrogens (tertiary/aromatic N) is 1. The van der Waals surface area contributed by atoms with Crippen LogP contribution in [0.1, 0.15) is 49.7 Å². The van der Waals surface area contributed by atoms with E-state index in [1.165, 1.54) is 7.11 Å². The maximum atomic E-state index is 13.4. The number of hydrogen-bond acceptors (Lipinski definition) is 5. The predicted molar refractivity (Wildman–Crippen MR) is 130 cm³/mol. The molecule has 186 valence electrons. The first kappa shape index (κ1) is 24.7. The van der Waals surface area contributed by atoms with E-state index < -0.39 is 24.2 Å². The van der Waals surface area contributed by atoms with E-state index in [0.717, 1.165) is 35.1 Å². The van der Waals surface area contributed by atoms with Gasteiger partial charge in [-0.3, -0.25) is 9.59 Å². The second-order valence-electron chi connectivity index (χ2n) is 9.15. The molecular formula is C27H32N2O6. The number of carbonyl (C=O) groups excluding carboxylic acids is 2. The van der Waals surface area contributed by atoms with Gasteiger partial charge in [0, 0.05) is 32.0 Å². The second-order valence-corrected chi connectivity index (χ2v) is 9.15. The van der Waals surface area contributed by atoms with Gasteiger partial charge in [-0.2, -0.15) is 0 Å². The van der Waals surface area contributed by atoms with Crippen LogP contribution in [-0.4, -0.2) is 66.4 Å². The van der Waals surface area contributed by atoms with Crippen molar-refractivity contribution in [3.05, 3.63) is 59.7 Å². The van der Waals surface area contributed by atoms with Gasteiger partial charge in [-0.25, -0.2) is 4.79 Å². The number of methoxy groups -OCH3 is 1. The summed E-state index contributed by atoms with van der Waals surface area (Å²) in [4.78, 5) is 38.9. The largest absolute Gasteiger partial charge is 0.481 e. The van der Waals surface area contributed by atoms with Gasteiger partial charge in [0.25, 0.3) is 0 Å². The number of ether oxygens (including phenoxy) is 2. The SMILES string of the molecule is CO[C@H](C)[C@H](NC(=O)OCC1c2ccccc2-c2ccccc21)C(=O)N1CCCC1CCC(=O)O. The summed E-state index contributed by atoms with van der Waals surface area (Å²) >= 11 is 0. The average molecular weight is 481 g/mol. The van der Waals surface area contributed by atoms with Crippen LogP contribution < -0.4 is 5.32 Å². The zero-order valence-electron chi connectivity index (χ0n) is 20.1. The van der Waals surface area contributed by atoms with Crippen LogP contribution in [-0.2, 0) is 19.1 Å². The van der Waals surface area contributed by atoms with E-state index in [2.05, 4.69) is 17.4 Å². The number of alkyl carbamates (subject to hydrolysis) is 1. The van der Waals surface area contributed by atoms with Gasteiger partial charge in [-0.1, -0.05) is 48.5 Å². The maximum Gasteiger partial charge on any atom is 0.407 e. The molecule has 8 nitrogen and oxygen atoms in total. The molecule has 2 amide bonds. The lowest BCUT2D eigenvalue weighted by Gasteiger charge is -2.31. The third-order valence-corrected chi connectivity index (χ3v) is 7.08. The van der Waals surface area contributed by atoms with Gasteiger partial charge in [0.1, 0.15) is 12.6 Å². The number of carboxylic acids is 1.